The molecule has 2 amide bonds. The molecule has 0 heterocycles. The van der Waals surface area contributed by atoms with Crippen molar-refractivity contribution in [3.63, 3.8) is 0 Å². The van der Waals surface area contributed by atoms with Crippen LogP contribution in [0.4, 0.5) is 0 Å². The maximum absolute atomic E-state index is 13.6. The van der Waals surface area contributed by atoms with Gasteiger partial charge in [-0.2, -0.15) is 0 Å². The summed E-state index contributed by atoms with van der Waals surface area (Å²) in [6, 6.07) is 25.8. The van der Waals surface area contributed by atoms with Crippen LogP contribution in [0.25, 0.3) is 0 Å². The maximum atomic E-state index is 13.6. The summed E-state index contributed by atoms with van der Waals surface area (Å²) in [5, 5.41) is 2.78. The average molecular weight is 457 g/mol. The van der Waals surface area contributed by atoms with E-state index >= 15 is 0 Å². The highest BCUT2D eigenvalue weighted by molar-refractivity contribution is 5.88. The Kier molecular flexibility index (Phi) is 9.03. The van der Waals surface area contributed by atoms with Crippen molar-refractivity contribution < 1.29 is 9.59 Å². The molecule has 1 N–H and O–H groups in total. The molecule has 34 heavy (non-hydrogen) atoms. The van der Waals surface area contributed by atoms with Crippen molar-refractivity contribution in [3.8, 4) is 0 Å². The Morgan fingerprint density at radius 2 is 1.50 bits per heavy atom. The Morgan fingerprint density at radius 3 is 2.12 bits per heavy atom. The van der Waals surface area contributed by atoms with Crippen LogP contribution in [0.2, 0.25) is 0 Å². The molecule has 0 saturated carbocycles. The predicted octanol–water partition coefficient (Wildman–Crippen LogP) is 5.44. The third-order valence-electron chi connectivity index (χ3n) is 6.39. The average Bonchev–Trinajstić information content (AvgIpc) is 2.86. The van der Waals surface area contributed by atoms with Gasteiger partial charge in [-0.25, -0.2) is 0 Å². The first-order valence-corrected chi connectivity index (χ1v) is 12.1. The van der Waals surface area contributed by atoms with E-state index in [0.29, 0.717) is 31.7 Å². The number of aryl methyl sites for hydroxylation is 2. The van der Waals surface area contributed by atoms with Gasteiger partial charge in [0.1, 0.15) is 6.04 Å². The molecule has 0 fully saturated rings. The second-order valence-corrected chi connectivity index (χ2v) is 9.16. The lowest BCUT2D eigenvalue weighted by Crippen LogP contribution is -2.49. The van der Waals surface area contributed by atoms with Gasteiger partial charge in [0.2, 0.25) is 11.8 Å². The van der Waals surface area contributed by atoms with Crippen LogP contribution in [0.15, 0.2) is 78.9 Å². The minimum Gasteiger partial charge on any atom is -0.357 e. The van der Waals surface area contributed by atoms with E-state index in [9.17, 15) is 9.59 Å². The molecule has 178 valence electrons. The number of nitrogens with one attached hydrogen (secondary N) is 1. The lowest BCUT2D eigenvalue weighted by molar-refractivity contribution is -0.141. The van der Waals surface area contributed by atoms with Gasteiger partial charge in [0.15, 0.2) is 0 Å². The summed E-state index contributed by atoms with van der Waals surface area (Å²) >= 11 is 0. The number of carbonyl (C=O) groups is 2. The van der Waals surface area contributed by atoms with Crippen molar-refractivity contribution in [2.24, 2.45) is 0 Å². The zero-order valence-corrected chi connectivity index (χ0v) is 20.8. The third-order valence-corrected chi connectivity index (χ3v) is 6.39. The van der Waals surface area contributed by atoms with Crippen LogP contribution >= 0.6 is 0 Å². The molecule has 0 bridgehead atoms. The van der Waals surface area contributed by atoms with Gasteiger partial charge in [-0.05, 0) is 47.1 Å². The molecule has 0 aliphatic carbocycles. The molecule has 1 atom stereocenters. The first kappa shape index (κ1) is 25.2. The number of hydrogen-bond donors (Lipinski definition) is 1. The highest BCUT2D eigenvalue weighted by Crippen LogP contribution is 2.20. The first-order chi connectivity index (χ1) is 16.4. The minimum atomic E-state index is -0.581. The summed E-state index contributed by atoms with van der Waals surface area (Å²) in [5.41, 5.74) is 5.62. The number of likely N-dealkylation sites (N-methyl/N-ethyl adjacent to an activating group) is 1. The van der Waals surface area contributed by atoms with Crippen molar-refractivity contribution in [2.45, 2.75) is 58.5 Å². The Balaban J connectivity index is 1.85. The van der Waals surface area contributed by atoms with E-state index in [1.165, 1.54) is 5.56 Å². The van der Waals surface area contributed by atoms with Gasteiger partial charge in [-0.15, -0.1) is 0 Å². The molecule has 0 aliphatic heterocycles. The van der Waals surface area contributed by atoms with Gasteiger partial charge in [-0.1, -0.05) is 92.7 Å². The molecular weight excluding hydrogens is 420 g/mol. The molecule has 3 aromatic carbocycles. The SMILES string of the molecule is CNC(=O)C(Cc1ccccc1)N(Cc1ccccc1C)C(=O)CCc1ccc(C(C)C)cc1. The monoisotopic (exact) mass is 456 g/mol. The van der Waals surface area contributed by atoms with Gasteiger partial charge < -0.3 is 10.2 Å². The molecule has 0 aliphatic rings. The van der Waals surface area contributed by atoms with Crippen LogP contribution < -0.4 is 5.32 Å². The van der Waals surface area contributed by atoms with Crippen molar-refractivity contribution >= 4 is 11.8 Å². The van der Waals surface area contributed by atoms with Crippen LogP contribution in [0.5, 0.6) is 0 Å². The lowest BCUT2D eigenvalue weighted by Gasteiger charge is -2.31. The minimum absolute atomic E-state index is 0.0132. The maximum Gasteiger partial charge on any atom is 0.242 e. The quantitative estimate of drug-likeness (QED) is 0.442. The summed E-state index contributed by atoms with van der Waals surface area (Å²) in [4.78, 5) is 28.4. The lowest BCUT2D eigenvalue weighted by atomic mass is 9.99. The fourth-order valence-electron chi connectivity index (χ4n) is 4.16. The zero-order valence-electron chi connectivity index (χ0n) is 20.8. The van der Waals surface area contributed by atoms with E-state index in [4.69, 9.17) is 0 Å². The van der Waals surface area contributed by atoms with Gasteiger partial charge in [0, 0.05) is 26.4 Å². The molecule has 0 saturated heterocycles. The third kappa shape index (κ3) is 6.80. The first-order valence-electron chi connectivity index (χ1n) is 12.1. The Morgan fingerprint density at radius 1 is 0.853 bits per heavy atom. The summed E-state index contributed by atoms with van der Waals surface area (Å²) in [6.07, 6.45) is 1.48. The molecule has 0 radical (unpaired) electrons. The van der Waals surface area contributed by atoms with Crippen LogP contribution in [-0.4, -0.2) is 29.8 Å². The van der Waals surface area contributed by atoms with Crippen LogP contribution in [-0.2, 0) is 29.0 Å². The van der Waals surface area contributed by atoms with Crippen molar-refractivity contribution in [3.05, 3.63) is 107 Å². The van der Waals surface area contributed by atoms with E-state index in [0.717, 1.165) is 22.3 Å². The largest absolute Gasteiger partial charge is 0.357 e. The van der Waals surface area contributed by atoms with Gasteiger partial charge in [-0.3, -0.25) is 9.59 Å². The fraction of sp³-hybridized carbons (Fsp3) is 0.333. The fourth-order valence-corrected chi connectivity index (χ4v) is 4.16. The molecule has 4 heteroatoms. The van der Waals surface area contributed by atoms with Crippen molar-refractivity contribution in [1.29, 1.82) is 0 Å². The van der Waals surface area contributed by atoms with E-state index in [2.05, 4.69) is 43.4 Å². The summed E-state index contributed by atoms with van der Waals surface area (Å²) in [5.74, 6) is 0.319. The number of amides is 2. The van der Waals surface area contributed by atoms with E-state index in [1.807, 2.05) is 61.5 Å². The van der Waals surface area contributed by atoms with E-state index < -0.39 is 6.04 Å². The summed E-state index contributed by atoms with van der Waals surface area (Å²) in [6.45, 7) is 6.80. The van der Waals surface area contributed by atoms with Gasteiger partial charge in [0.05, 0.1) is 0 Å². The van der Waals surface area contributed by atoms with Crippen molar-refractivity contribution in [1.82, 2.24) is 10.2 Å². The number of nitrogens with zero attached hydrogens (tertiary/aromatic N) is 1. The Hall–Kier alpha value is -3.40. The standard InChI is InChI=1S/C30H36N2O2/c1-22(2)26-17-14-24(15-18-26)16-19-29(33)32(21-27-13-9-8-10-23(27)3)28(30(34)31-4)20-25-11-6-5-7-12-25/h5-15,17-18,22,28H,16,19-21H2,1-4H3,(H,31,34). The smallest absolute Gasteiger partial charge is 0.242 e. The zero-order chi connectivity index (χ0) is 24.5. The molecule has 3 aromatic rings. The predicted molar refractivity (Wildman–Crippen MR) is 139 cm³/mol. The second-order valence-electron chi connectivity index (χ2n) is 9.16. The van der Waals surface area contributed by atoms with Crippen LogP contribution in [0, 0.1) is 6.92 Å². The van der Waals surface area contributed by atoms with Gasteiger partial charge in [0.25, 0.3) is 0 Å². The van der Waals surface area contributed by atoms with Crippen LogP contribution in [0.3, 0.4) is 0 Å². The molecule has 0 aromatic heterocycles. The summed E-state index contributed by atoms with van der Waals surface area (Å²) in [7, 11) is 1.63. The van der Waals surface area contributed by atoms with E-state index in [-0.39, 0.29) is 11.8 Å². The molecule has 3 rings (SSSR count). The topological polar surface area (TPSA) is 49.4 Å². The normalized spacial score (nSPS) is 11.8. The molecule has 0 spiro atoms. The van der Waals surface area contributed by atoms with E-state index in [1.54, 1.807) is 11.9 Å². The van der Waals surface area contributed by atoms with Crippen molar-refractivity contribution in [2.75, 3.05) is 7.05 Å². The molecular formula is C30H36N2O2. The summed E-state index contributed by atoms with van der Waals surface area (Å²) < 4.78 is 0. The molecule has 1 unspecified atom stereocenters. The van der Waals surface area contributed by atoms with Crippen LogP contribution in [0.1, 0.15) is 54.0 Å². The molecule has 4 nitrogen and oxygen atoms in total. The Labute approximate surface area is 204 Å². The number of rotatable bonds is 10. The van der Waals surface area contributed by atoms with Gasteiger partial charge >= 0.3 is 0 Å². The Bertz CT molecular complexity index is 1070. The highest BCUT2D eigenvalue weighted by Gasteiger charge is 2.29. The number of carbonyl (C=O) groups excluding carboxylic acids is 2. The second kappa shape index (κ2) is 12.2. The number of hydrogen-bond acceptors (Lipinski definition) is 2. The number of benzene rings is 3. The highest BCUT2D eigenvalue weighted by atomic mass is 16.2.